The molecule has 0 nitrogen and oxygen atoms in total. The molecule has 0 N–H and O–H groups in total. The Bertz CT molecular complexity index is 90.7. The second kappa shape index (κ2) is 4.63. The minimum absolute atomic E-state index is 1.08. The van der Waals surface area contributed by atoms with E-state index in [1.165, 1.54) is 59.1 Å². The Morgan fingerprint density at radius 3 is 2.50 bits per heavy atom. The Kier molecular flexibility index (Phi) is 4.12. The van der Waals surface area contributed by atoms with Crippen LogP contribution in [0.2, 0.25) is 4.44 Å². The number of unbranched alkanes of at least 4 members (excludes halogenated alkanes) is 2. The molecule has 2 atom stereocenters. The van der Waals surface area contributed by atoms with E-state index in [4.69, 9.17) is 0 Å². The van der Waals surface area contributed by atoms with E-state index < -0.39 is 0 Å². The van der Waals surface area contributed by atoms with E-state index in [0.29, 0.717) is 0 Å². The molecule has 0 saturated heterocycles. The summed E-state index contributed by atoms with van der Waals surface area (Å²) in [4.78, 5) is 0. The minimum atomic E-state index is 1.08. The monoisotopic (exact) mass is 246 g/mol. The van der Waals surface area contributed by atoms with Gasteiger partial charge >= 0.3 is 77.8 Å². The SMILES string of the molecule is CC1CC1CCCC[CH2][SnH]. The van der Waals surface area contributed by atoms with Crippen molar-refractivity contribution in [3.8, 4) is 0 Å². The molecule has 1 aliphatic rings. The van der Waals surface area contributed by atoms with Crippen molar-refractivity contribution < 1.29 is 0 Å². The molecule has 0 aromatic heterocycles. The van der Waals surface area contributed by atoms with Crippen molar-refractivity contribution in [2.45, 2.75) is 43.5 Å². The van der Waals surface area contributed by atoms with Crippen molar-refractivity contribution in [2.75, 3.05) is 0 Å². The van der Waals surface area contributed by atoms with Gasteiger partial charge in [0.25, 0.3) is 0 Å². The van der Waals surface area contributed by atoms with Gasteiger partial charge in [-0.25, -0.2) is 0 Å². The second-order valence-corrected chi connectivity index (χ2v) is 5.26. The quantitative estimate of drug-likeness (QED) is 0.515. The molecule has 10 heavy (non-hydrogen) atoms. The number of hydrogen-bond donors (Lipinski definition) is 0. The van der Waals surface area contributed by atoms with Crippen molar-refractivity contribution in [1.29, 1.82) is 0 Å². The fraction of sp³-hybridized carbons (Fsp3) is 1.00. The molecule has 58 valence electrons. The molecule has 1 rings (SSSR count). The molecular formula is C9H18Sn. The Morgan fingerprint density at radius 1 is 1.30 bits per heavy atom. The van der Waals surface area contributed by atoms with Crippen LogP contribution in [0, 0.1) is 11.8 Å². The summed E-state index contributed by atoms with van der Waals surface area (Å²) < 4.78 is 1.51. The molecule has 0 aliphatic heterocycles. The van der Waals surface area contributed by atoms with Gasteiger partial charge in [-0.2, -0.15) is 0 Å². The molecule has 0 heterocycles. The molecule has 0 bridgehead atoms. The number of hydrogen-bond acceptors (Lipinski definition) is 0. The van der Waals surface area contributed by atoms with E-state index in [-0.39, 0.29) is 0 Å². The van der Waals surface area contributed by atoms with Crippen LogP contribution in [-0.4, -0.2) is 22.5 Å². The van der Waals surface area contributed by atoms with E-state index in [9.17, 15) is 0 Å². The zero-order valence-electron chi connectivity index (χ0n) is 6.97. The van der Waals surface area contributed by atoms with Gasteiger partial charge in [0.05, 0.1) is 0 Å². The summed E-state index contributed by atoms with van der Waals surface area (Å²) in [6, 6.07) is 0. The van der Waals surface area contributed by atoms with E-state index >= 15 is 0 Å². The van der Waals surface area contributed by atoms with Gasteiger partial charge in [-0.05, 0) is 0 Å². The second-order valence-electron chi connectivity index (χ2n) is 3.61. The van der Waals surface area contributed by atoms with Gasteiger partial charge in [-0.1, -0.05) is 0 Å². The van der Waals surface area contributed by atoms with Gasteiger partial charge in [-0.15, -0.1) is 0 Å². The van der Waals surface area contributed by atoms with Gasteiger partial charge in [0, 0.05) is 0 Å². The van der Waals surface area contributed by atoms with Crippen molar-refractivity contribution in [3.05, 3.63) is 0 Å². The van der Waals surface area contributed by atoms with Crippen LogP contribution in [0.1, 0.15) is 39.0 Å². The van der Waals surface area contributed by atoms with Crippen LogP contribution in [0.15, 0.2) is 0 Å². The summed E-state index contributed by atoms with van der Waals surface area (Å²) in [5.41, 5.74) is 0. The Balaban J connectivity index is 1.78. The van der Waals surface area contributed by atoms with Crippen LogP contribution in [0.4, 0.5) is 0 Å². The molecule has 0 amide bonds. The molecule has 2 unspecified atom stereocenters. The van der Waals surface area contributed by atoms with Gasteiger partial charge in [0.2, 0.25) is 0 Å². The first kappa shape index (κ1) is 8.89. The number of rotatable bonds is 5. The van der Waals surface area contributed by atoms with Crippen LogP contribution >= 0.6 is 0 Å². The molecule has 0 aromatic carbocycles. The van der Waals surface area contributed by atoms with Crippen molar-refractivity contribution in [1.82, 2.24) is 0 Å². The first-order chi connectivity index (χ1) is 4.84. The molecule has 1 fully saturated rings. The molecule has 1 saturated carbocycles. The third-order valence-electron chi connectivity index (χ3n) is 2.56. The average Bonchev–Trinajstić information content (AvgIpc) is 2.60. The fourth-order valence-corrected chi connectivity index (χ4v) is 2.35. The zero-order chi connectivity index (χ0) is 7.40. The molecular weight excluding hydrogens is 227 g/mol. The standard InChI is InChI=1S/C9H17.Sn.H/c1-3-4-5-6-9-7-8(9)2;;/h8-9H,1,3-7H2,2H3;;. The zero-order valence-corrected chi connectivity index (χ0v) is 10.3. The van der Waals surface area contributed by atoms with Crippen molar-refractivity contribution in [3.63, 3.8) is 0 Å². The topological polar surface area (TPSA) is 0 Å². The summed E-state index contributed by atoms with van der Waals surface area (Å²) in [6.07, 6.45) is 7.58. The molecule has 0 spiro atoms. The van der Waals surface area contributed by atoms with Crippen LogP contribution < -0.4 is 0 Å². The van der Waals surface area contributed by atoms with Crippen molar-refractivity contribution in [2.24, 2.45) is 11.8 Å². The average molecular weight is 245 g/mol. The Hall–Kier alpha value is 0.799. The van der Waals surface area contributed by atoms with Crippen LogP contribution in [-0.2, 0) is 0 Å². The summed E-state index contributed by atoms with van der Waals surface area (Å²) >= 11 is 1.47. The van der Waals surface area contributed by atoms with E-state index in [0.717, 1.165) is 11.8 Å². The van der Waals surface area contributed by atoms with Crippen LogP contribution in [0.25, 0.3) is 0 Å². The van der Waals surface area contributed by atoms with E-state index in [1.807, 2.05) is 0 Å². The molecule has 0 aromatic rings. The summed E-state index contributed by atoms with van der Waals surface area (Å²) in [5, 5.41) is 0. The molecule has 2 radical (unpaired) electrons. The maximum atomic E-state index is 2.39. The summed E-state index contributed by atoms with van der Waals surface area (Å²) in [6.45, 7) is 2.39. The Labute approximate surface area is 77.9 Å². The van der Waals surface area contributed by atoms with Crippen molar-refractivity contribution >= 4 is 22.5 Å². The van der Waals surface area contributed by atoms with Gasteiger partial charge in [0.15, 0.2) is 0 Å². The molecule has 1 heteroatoms. The normalized spacial score (nSPS) is 30.6. The predicted octanol–water partition coefficient (Wildman–Crippen LogP) is 2.52. The fourth-order valence-electron chi connectivity index (χ4n) is 1.53. The van der Waals surface area contributed by atoms with E-state index in [1.54, 1.807) is 0 Å². The van der Waals surface area contributed by atoms with E-state index in [2.05, 4.69) is 6.92 Å². The van der Waals surface area contributed by atoms with Crippen LogP contribution in [0.5, 0.6) is 0 Å². The summed E-state index contributed by atoms with van der Waals surface area (Å²) in [5.74, 6) is 2.21. The maximum absolute atomic E-state index is 2.39. The van der Waals surface area contributed by atoms with Gasteiger partial charge in [-0.3, -0.25) is 0 Å². The third kappa shape index (κ3) is 3.27. The van der Waals surface area contributed by atoms with Gasteiger partial charge < -0.3 is 0 Å². The first-order valence-corrected chi connectivity index (χ1v) is 6.87. The first-order valence-electron chi connectivity index (χ1n) is 4.54. The third-order valence-corrected chi connectivity index (χ3v) is 3.72. The molecule has 1 aliphatic carbocycles. The van der Waals surface area contributed by atoms with Gasteiger partial charge in [0.1, 0.15) is 0 Å². The predicted molar refractivity (Wildman–Crippen MR) is 47.7 cm³/mol. The summed E-state index contributed by atoms with van der Waals surface area (Å²) in [7, 11) is 0. The van der Waals surface area contributed by atoms with Crippen LogP contribution in [0.3, 0.4) is 0 Å². The Morgan fingerprint density at radius 2 is 2.00 bits per heavy atom.